The van der Waals surface area contributed by atoms with Crippen LogP contribution in [0.2, 0.25) is 0 Å². The summed E-state index contributed by atoms with van der Waals surface area (Å²) in [5.74, 6) is 1.76. The molecule has 4 rings (SSSR count). The molecule has 0 aliphatic heterocycles. The highest BCUT2D eigenvalue weighted by Gasteiger charge is 2.35. The molecule has 130 valence electrons. The quantitative estimate of drug-likeness (QED) is 0.629. The average molecular weight is 341 g/mol. The number of nitrogens with two attached hydrogens (primary N) is 1. The van der Waals surface area contributed by atoms with Crippen LogP contribution < -0.4 is 15.8 Å². The SMILES string of the molecule is COc1ccc(C(Nc2cc3nncn3c(N)n2)C2CC(O)C2)cn1. The second kappa shape index (κ2) is 6.17. The molecule has 1 unspecified atom stereocenters. The normalized spacial score (nSPS) is 20.9. The predicted molar refractivity (Wildman–Crippen MR) is 91.1 cm³/mol. The molecule has 3 aromatic rings. The van der Waals surface area contributed by atoms with Crippen molar-refractivity contribution in [3.63, 3.8) is 0 Å². The zero-order valence-corrected chi connectivity index (χ0v) is 13.7. The maximum atomic E-state index is 9.70. The highest BCUT2D eigenvalue weighted by atomic mass is 16.5. The Labute approximate surface area is 143 Å². The molecule has 0 aromatic carbocycles. The zero-order chi connectivity index (χ0) is 17.4. The van der Waals surface area contributed by atoms with Crippen LogP contribution in [0.25, 0.3) is 5.65 Å². The van der Waals surface area contributed by atoms with Crippen molar-refractivity contribution in [1.82, 2.24) is 24.6 Å². The van der Waals surface area contributed by atoms with E-state index in [4.69, 9.17) is 10.5 Å². The fraction of sp³-hybridized carbons (Fsp3) is 0.375. The Morgan fingerprint density at radius 3 is 2.92 bits per heavy atom. The number of ether oxygens (including phenoxy) is 1. The first-order chi connectivity index (χ1) is 12.1. The lowest BCUT2D eigenvalue weighted by Gasteiger charge is -2.38. The van der Waals surface area contributed by atoms with E-state index in [1.165, 1.54) is 6.33 Å². The number of fused-ring (bicyclic) bond motifs is 1. The van der Waals surface area contributed by atoms with E-state index in [1.807, 2.05) is 12.1 Å². The third-order valence-electron chi connectivity index (χ3n) is 4.57. The first-order valence-electron chi connectivity index (χ1n) is 8.05. The van der Waals surface area contributed by atoms with Gasteiger partial charge < -0.3 is 20.9 Å². The van der Waals surface area contributed by atoms with Gasteiger partial charge in [-0.1, -0.05) is 6.07 Å². The minimum Gasteiger partial charge on any atom is -0.481 e. The van der Waals surface area contributed by atoms with Crippen molar-refractivity contribution in [3.8, 4) is 5.88 Å². The molecule has 1 fully saturated rings. The molecule has 0 bridgehead atoms. The summed E-state index contributed by atoms with van der Waals surface area (Å²) in [6.45, 7) is 0. The first kappa shape index (κ1) is 15.6. The Bertz CT molecular complexity index is 874. The maximum Gasteiger partial charge on any atom is 0.212 e. The van der Waals surface area contributed by atoms with Gasteiger partial charge in [0, 0.05) is 18.3 Å². The van der Waals surface area contributed by atoms with E-state index in [-0.39, 0.29) is 18.1 Å². The summed E-state index contributed by atoms with van der Waals surface area (Å²) in [7, 11) is 1.58. The van der Waals surface area contributed by atoms with E-state index in [1.54, 1.807) is 23.8 Å². The van der Waals surface area contributed by atoms with E-state index in [0.29, 0.717) is 23.3 Å². The van der Waals surface area contributed by atoms with Gasteiger partial charge in [-0.2, -0.15) is 4.98 Å². The molecule has 9 heteroatoms. The summed E-state index contributed by atoms with van der Waals surface area (Å²) in [5.41, 5.74) is 7.58. The van der Waals surface area contributed by atoms with Gasteiger partial charge in [0.25, 0.3) is 0 Å². The van der Waals surface area contributed by atoms with Crippen LogP contribution in [0.1, 0.15) is 24.4 Å². The number of aliphatic hydroxyl groups is 1. The summed E-state index contributed by atoms with van der Waals surface area (Å²) >= 11 is 0. The van der Waals surface area contributed by atoms with Crippen LogP contribution in [0.3, 0.4) is 0 Å². The third-order valence-corrected chi connectivity index (χ3v) is 4.57. The van der Waals surface area contributed by atoms with Crippen LogP contribution >= 0.6 is 0 Å². The van der Waals surface area contributed by atoms with Gasteiger partial charge in [0.15, 0.2) is 5.65 Å². The molecular weight excluding hydrogens is 322 g/mol. The van der Waals surface area contributed by atoms with Crippen molar-refractivity contribution in [1.29, 1.82) is 0 Å². The van der Waals surface area contributed by atoms with Gasteiger partial charge in [-0.15, -0.1) is 10.2 Å². The second-order valence-electron chi connectivity index (χ2n) is 6.20. The van der Waals surface area contributed by atoms with Crippen LogP contribution in [-0.2, 0) is 0 Å². The standard InChI is InChI=1S/C16H19N7O2/c1-25-14-3-2-9(7-18-14)15(10-4-11(24)5-10)20-12-6-13-22-19-8-23(13)16(17)21-12/h2-3,6-8,10-11,15,20,24H,4-5H2,1H3,(H2,17,21). The zero-order valence-electron chi connectivity index (χ0n) is 13.7. The van der Waals surface area contributed by atoms with Gasteiger partial charge >= 0.3 is 0 Å². The van der Waals surface area contributed by atoms with Gasteiger partial charge in [0.1, 0.15) is 12.1 Å². The lowest BCUT2D eigenvalue weighted by Crippen LogP contribution is -2.36. The fourth-order valence-electron chi connectivity index (χ4n) is 3.16. The van der Waals surface area contributed by atoms with Crippen molar-refractivity contribution in [2.24, 2.45) is 5.92 Å². The maximum absolute atomic E-state index is 9.70. The molecule has 9 nitrogen and oxygen atoms in total. The average Bonchev–Trinajstić information content (AvgIpc) is 3.06. The smallest absolute Gasteiger partial charge is 0.212 e. The van der Waals surface area contributed by atoms with Gasteiger partial charge in [-0.05, 0) is 24.3 Å². The topological polar surface area (TPSA) is 123 Å². The molecule has 4 N–H and O–H groups in total. The van der Waals surface area contributed by atoms with Gasteiger partial charge in [-0.3, -0.25) is 4.40 Å². The summed E-state index contributed by atoms with van der Waals surface area (Å²) < 4.78 is 6.74. The van der Waals surface area contributed by atoms with E-state index >= 15 is 0 Å². The van der Waals surface area contributed by atoms with E-state index in [2.05, 4.69) is 25.5 Å². The Morgan fingerprint density at radius 2 is 2.24 bits per heavy atom. The van der Waals surface area contributed by atoms with Crippen molar-refractivity contribution in [2.45, 2.75) is 25.0 Å². The minimum atomic E-state index is -0.252. The van der Waals surface area contributed by atoms with E-state index in [9.17, 15) is 5.11 Å². The number of methoxy groups -OCH3 is 1. The number of hydrogen-bond acceptors (Lipinski definition) is 8. The Kier molecular flexibility index (Phi) is 3.85. The second-order valence-corrected chi connectivity index (χ2v) is 6.20. The molecular formula is C16H19N7O2. The van der Waals surface area contributed by atoms with Crippen molar-refractivity contribution in [2.75, 3.05) is 18.2 Å². The summed E-state index contributed by atoms with van der Waals surface area (Å²) in [6, 6.07) is 5.54. The molecule has 1 aliphatic carbocycles. The molecule has 0 spiro atoms. The van der Waals surface area contributed by atoms with Crippen LogP contribution in [0, 0.1) is 5.92 Å². The number of hydrogen-bond donors (Lipinski definition) is 3. The van der Waals surface area contributed by atoms with E-state index < -0.39 is 0 Å². The summed E-state index contributed by atoms with van der Waals surface area (Å²) in [5, 5.41) is 21.0. The number of aromatic nitrogens is 5. The molecule has 3 aromatic heterocycles. The summed E-state index contributed by atoms with van der Waals surface area (Å²) in [4.78, 5) is 8.66. The number of aliphatic hydroxyl groups excluding tert-OH is 1. The highest BCUT2D eigenvalue weighted by molar-refractivity contribution is 5.54. The minimum absolute atomic E-state index is 0.0425. The molecule has 1 saturated carbocycles. The van der Waals surface area contributed by atoms with Crippen molar-refractivity contribution >= 4 is 17.4 Å². The Morgan fingerprint density at radius 1 is 1.40 bits per heavy atom. The molecule has 1 aliphatic rings. The van der Waals surface area contributed by atoms with Crippen LogP contribution in [0.5, 0.6) is 5.88 Å². The van der Waals surface area contributed by atoms with Crippen LogP contribution in [-0.4, -0.2) is 42.9 Å². The number of rotatable bonds is 5. The fourth-order valence-corrected chi connectivity index (χ4v) is 3.16. The number of nitrogens with zero attached hydrogens (tertiary/aromatic N) is 5. The van der Waals surface area contributed by atoms with Gasteiger partial charge in [-0.25, -0.2) is 4.98 Å². The van der Waals surface area contributed by atoms with Crippen molar-refractivity contribution < 1.29 is 9.84 Å². The monoisotopic (exact) mass is 341 g/mol. The van der Waals surface area contributed by atoms with Gasteiger partial charge in [0.2, 0.25) is 11.8 Å². The number of pyridine rings is 1. The van der Waals surface area contributed by atoms with Crippen LogP contribution in [0.4, 0.5) is 11.8 Å². The van der Waals surface area contributed by atoms with E-state index in [0.717, 1.165) is 18.4 Å². The third kappa shape index (κ3) is 2.93. The molecule has 0 radical (unpaired) electrons. The molecule has 0 saturated heterocycles. The predicted octanol–water partition coefficient (Wildman–Crippen LogP) is 1.03. The lowest BCUT2D eigenvalue weighted by atomic mass is 9.75. The number of anilines is 2. The largest absolute Gasteiger partial charge is 0.481 e. The first-order valence-corrected chi connectivity index (χ1v) is 8.05. The lowest BCUT2D eigenvalue weighted by molar-refractivity contribution is 0.0339. The molecule has 0 amide bonds. The Hall–Kier alpha value is -2.94. The molecule has 1 atom stereocenters. The molecule has 25 heavy (non-hydrogen) atoms. The number of nitrogens with one attached hydrogen (secondary N) is 1. The summed E-state index contributed by atoms with van der Waals surface area (Å²) in [6.07, 6.45) is 4.51. The molecule has 3 heterocycles. The van der Waals surface area contributed by atoms with Crippen molar-refractivity contribution in [3.05, 3.63) is 36.3 Å². The van der Waals surface area contributed by atoms with Gasteiger partial charge in [0.05, 0.1) is 19.3 Å². The van der Waals surface area contributed by atoms with Crippen LogP contribution in [0.15, 0.2) is 30.7 Å². The highest BCUT2D eigenvalue weighted by Crippen LogP contribution is 2.40. The Balaban J connectivity index is 1.64. The number of nitrogen functional groups attached to an aromatic ring is 1.